The van der Waals surface area contributed by atoms with Crippen LogP contribution in [0.15, 0.2) is 11.6 Å². The number of esters is 1. The van der Waals surface area contributed by atoms with Crippen molar-refractivity contribution in [1.82, 2.24) is 0 Å². The summed E-state index contributed by atoms with van der Waals surface area (Å²) < 4.78 is 47.8. The van der Waals surface area contributed by atoms with Gasteiger partial charge in [-0.3, -0.25) is 0 Å². The molecule has 56 heavy (non-hydrogen) atoms. The van der Waals surface area contributed by atoms with Crippen molar-refractivity contribution < 1.29 is 68.2 Å². The van der Waals surface area contributed by atoms with E-state index < -0.39 is 84.8 Å². The van der Waals surface area contributed by atoms with Crippen LogP contribution in [-0.4, -0.2) is 137 Å². The van der Waals surface area contributed by atoms with Crippen molar-refractivity contribution in [1.29, 1.82) is 0 Å². The zero-order valence-corrected chi connectivity index (χ0v) is 33.9. The van der Waals surface area contributed by atoms with Crippen LogP contribution >= 0.6 is 0 Å². The second kappa shape index (κ2) is 15.6. The van der Waals surface area contributed by atoms with Crippen LogP contribution in [0.4, 0.5) is 0 Å². The van der Waals surface area contributed by atoms with Crippen LogP contribution in [0.1, 0.15) is 105 Å². The quantitative estimate of drug-likeness (QED) is 0.178. The fraction of sp³-hybridized carbons (Fsp3) is 0.929. The molecule has 0 spiro atoms. The van der Waals surface area contributed by atoms with E-state index in [1.54, 1.807) is 13.0 Å². The molecule has 0 radical (unpaired) electrons. The SMILES string of the molecule is CO[C@H]1[C@@H](O)C[C@H](O[C@@H]2[C@@H](O)C[C@H](O[C@@H]3[C@@H](O)C[C@H](O[C@@H]4CC[C@@]5(C)[C@H](CC[C@@H]6[C@@H]5C[C@H](O)[C@]5(C)[C@H](C7=CC(=O)OC7)CC[C@@]65O)C4)O[C@@H]3C)O[C@@H]2C)O[C@@H]1C. The van der Waals surface area contributed by atoms with E-state index in [2.05, 4.69) is 6.92 Å². The Hall–Kier alpha value is -1.27. The lowest BCUT2D eigenvalue weighted by molar-refractivity contribution is -0.336. The summed E-state index contributed by atoms with van der Waals surface area (Å²) in [5.41, 5.74) is -0.877. The van der Waals surface area contributed by atoms with E-state index in [0.29, 0.717) is 18.8 Å². The molecule has 0 aromatic rings. The highest BCUT2D eigenvalue weighted by atomic mass is 16.7. The van der Waals surface area contributed by atoms with E-state index in [4.69, 9.17) is 37.9 Å². The molecule has 14 heteroatoms. The van der Waals surface area contributed by atoms with Gasteiger partial charge >= 0.3 is 5.97 Å². The summed E-state index contributed by atoms with van der Waals surface area (Å²) in [4.78, 5) is 12.0. The Kier molecular flexibility index (Phi) is 11.6. The standard InChI is InChI=1S/C42H66O14/c1-20-37(49-6)29(43)16-35(51-20)55-39-22(3)53-36(18-31(39)45)56-38-21(2)52-34(17-30(38)44)54-25-9-11-40(4)24(14-25)7-8-27-28(40)15-32(46)41(5)26(10-12-42(27,41)48)23-13-33(47)50-19-23/h13,20-22,24-32,34-39,43-46,48H,7-12,14-19H2,1-6H3/t20-,21-,22-,24-,25-,26+,27-,28+,29+,30+,31+,32+,34+,35+,36+,37-,38+,39+,40+,41+,42-/m1/s1. The van der Waals surface area contributed by atoms with E-state index in [-0.39, 0.29) is 67.2 Å². The number of ether oxygens (including phenoxy) is 8. The molecule has 0 bridgehead atoms. The highest BCUT2D eigenvalue weighted by Gasteiger charge is 2.71. The first-order valence-corrected chi connectivity index (χ1v) is 21.3. The topological polar surface area (TPSA) is 192 Å². The van der Waals surface area contributed by atoms with Crippen molar-refractivity contribution in [3.8, 4) is 0 Å². The van der Waals surface area contributed by atoms with Crippen molar-refractivity contribution in [2.75, 3.05) is 13.7 Å². The number of rotatable bonds is 8. The first-order chi connectivity index (χ1) is 26.5. The van der Waals surface area contributed by atoms with Gasteiger partial charge in [0, 0.05) is 37.9 Å². The molecular weight excluding hydrogens is 728 g/mol. The number of carbonyl (C=O) groups excluding carboxylic acids is 1. The van der Waals surface area contributed by atoms with Gasteiger partial charge in [-0.15, -0.1) is 0 Å². The summed E-state index contributed by atoms with van der Waals surface area (Å²) in [7, 11) is 1.53. The molecule has 7 fully saturated rings. The minimum atomic E-state index is -1.01. The number of carbonyl (C=O) groups is 1. The minimum Gasteiger partial charge on any atom is -0.458 e. The number of fused-ring (bicyclic) bond motifs is 5. The van der Waals surface area contributed by atoms with Gasteiger partial charge in [-0.2, -0.15) is 0 Å². The normalized spacial score (nSPS) is 54.8. The van der Waals surface area contributed by atoms with E-state index in [9.17, 15) is 30.3 Å². The Morgan fingerprint density at radius 3 is 1.80 bits per heavy atom. The lowest BCUT2D eigenvalue weighted by atomic mass is 9.42. The summed E-state index contributed by atoms with van der Waals surface area (Å²) in [6.45, 7) is 10.1. The van der Waals surface area contributed by atoms with Gasteiger partial charge in [-0.25, -0.2) is 4.79 Å². The number of methoxy groups -OCH3 is 1. The predicted octanol–water partition coefficient (Wildman–Crippen LogP) is 2.87. The average Bonchev–Trinajstić information content (AvgIpc) is 3.68. The first-order valence-electron chi connectivity index (χ1n) is 21.3. The van der Waals surface area contributed by atoms with Crippen LogP contribution in [0.2, 0.25) is 0 Å². The third-order valence-corrected chi connectivity index (χ3v) is 16.2. The van der Waals surface area contributed by atoms with Gasteiger partial charge in [-0.1, -0.05) is 13.8 Å². The van der Waals surface area contributed by atoms with Gasteiger partial charge in [0.05, 0.1) is 54.4 Å². The number of hydrogen-bond acceptors (Lipinski definition) is 14. The molecule has 4 heterocycles. The molecule has 0 aromatic carbocycles. The summed E-state index contributed by atoms with van der Waals surface area (Å²) in [6, 6.07) is 0. The zero-order valence-electron chi connectivity index (χ0n) is 33.9. The maximum atomic E-state index is 12.6. The zero-order chi connectivity index (χ0) is 39.9. The van der Waals surface area contributed by atoms with Crippen molar-refractivity contribution in [2.24, 2.45) is 34.5 Å². The lowest BCUT2D eigenvalue weighted by Gasteiger charge is -2.65. The van der Waals surface area contributed by atoms with E-state index in [1.807, 2.05) is 20.8 Å². The summed E-state index contributed by atoms with van der Waals surface area (Å²) in [5.74, 6) is 0.223. The Bertz CT molecular complexity index is 1430. The maximum Gasteiger partial charge on any atom is 0.331 e. The molecule has 5 N–H and O–H groups in total. The lowest BCUT2D eigenvalue weighted by Crippen LogP contribution is -2.67. The van der Waals surface area contributed by atoms with Crippen LogP contribution < -0.4 is 0 Å². The molecule has 3 saturated heterocycles. The van der Waals surface area contributed by atoms with Gasteiger partial charge in [0.2, 0.25) is 0 Å². The Morgan fingerprint density at radius 2 is 1.27 bits per heavy atom. The smallest absolute Gasteiger partial charge is 0.331 e. The monoisotopic (exact) mass is 794 g/mol. The van der Waals surface area contributed by atoms with Gasteiger partial charge in [-0.05, 0) is 107 Å². The first kappa shape index (κ1) is 41.5. The molecule has 4 aliphatic carbocycles. The molecule has 8 rings (SSSR count). The molecule has 8 aliphatic rings. The average molecular weight is 795 g/mol. The van der Waals surface area contributed by atoms with Crippen LogP contribution in [0.25, 0.3) is 0 Å². The molecule has 4 aliphatic heterocycles. The highest BCUT2D eigenvalue weighted by molar-refractivity contribution is 5.85. The maximum absolute atomic E-state index is 12.6. The molecule has 0 unspecified atom stereocenters. The van der Waals surface area contributed by atoms with Crippen LogP contribution in [0.3, 0.4) is 0 Å². The Balaban J connectivity index is 0.832. The molecular formula is C42H66O14. The fourth-order valence-electron chi connectivity index (χ4n) is 13.1. The van der Waals surface area contributed by atoms with E-state index in [1.165, 1.54) is 7.11 Å². The molecule has 0 aromatic heterocycles. The van der Waals surface area contributed by atoms with Crippen LogP contribution in [0, 0.1) is 34.5 Å². The fourth-order valence-corrected chi connectivity index (χ4v) is 13.1. The molecule has 4 saturated carbocycles. The Labute approximate surface area is 330 Å². The van der Waals surface area contributed by atoms with Crippen LogP contribution in [0.5, 0.6) is 0 Å². The van der Waals surface area contributed by atoms with E-state index >= 15 is 0 Å². The molecule has 0 amide bonds. The number of cyclic esters (lactones) is 1. The highest BCUT2D eigenvalue weighted by Crippen LogP contribution is 2.70. The largest absolute Gasteiger partial charge is 0.458 e. The van der Waals surface area contributed by atoms with Crippen molar-refractivity contribution >= 4 is 5.97 Å². The summed E-state index contributed by atoms with van der Waals surface area (Å²) in [5, 5.41) is 57.3. The molecule has 21 atom stereocenters. The predicted molar refractivity (Wildman–Crippen MR) is 197 cm³/mol. The van der Waals surface area contributed by atoms with Crippen molar-refractivity contribution in [3.05, 3.63) is 11.6 Å². The second-order valence-corrected chi connectivity index (χ2v) is 19.0. The third-order valence-electron chi connectivity index (χ3n) is 16.2. The number of aliphatic hydroxyl groups is 5. The van der Waals surface area contributed by atoms with E-state index in [0.717, 1.165) is 44.1 Å². The van der Waals surface area contributed by atoms with Gasteiger partial charge < -0.3 is 63.4 Å². The van der Waals surface area contributed by atoms with Gasteiger partial charge in [0.1, 0.15) is 24.9 Å². The number of hydrogen-bond donors (Lipinski definition) is 5. The minimum absolute atomic E-state index is 0.0386. The Morgan fingerprint density at radius 1 is 0.696 bits per heavy atom. The summed E-state index contributed by atoms with van der Waals surface area (Å²) in [6.07, 6.45) is -0.0154. The molecule has 318 valence electrons. The van der Waals surface area contributed by atoms with Crippen LogP contribution in [-0.2, 0) is 42.7 Å². The van der Waals surface area contributed by atoms with Gasteiger partial charge in [0.15, 0.2) is 18.9 Å². The second-order valence-electron chi connectivity index (χ2n) is 19.0. The van der Waals surface area contributed by atoms with Gasteiger partial charge in [0.25, 0.3) is 0 Å². The summed E-state index contributed by atoms with van der Waals surface area (Å²) >= 11 is 0. The third kappa shape index (κ3) is 7.02. The van der Waals surface area contributed by atoms with Crippen molar-refractivity contribution in [3.63, 3.8) is 0 Å². The molecule has 14 nitrogen and oxygen atoms in total. The van der Waals surface area contributed by atoms with Crippen molar-refractivity contribution in [2.45, 2.75) is 197 Å². The number of aliphatic hydroxyl groups excluding tert-OH is 4.